The van der Waals surface area contributed by atoms with Gasteiger partial charge in [-0.05, 0) is 30.4 Å². The third kappa shape index (κ3) is 2.05. The number of benzene rings is 1. The van der Waals surface area contributed by atoms with Crippen molar-refractivity contribution in [2.24, 2.45) is 0 Å². The number of hydrogen-bond acceptors (Lipinski definition) is 3. The molecule has 1 aromatic heterocycles. The van der Waals surface area contributed by atoms with Gasteiger partial charge < -0.3 is 0 Å². The number of rotatable bonds is 1. The first-order valence-corrected chi connectivity index (χ1v) is 6.51. The number of nitrogens with zero attached hydrogens (tertiary/aromatic N) is 2. The van der Waals surface area contributed by atoms with E-state index >= 15 is 0 Å². The van der Waals surface area contributed by atoms with E-state index in [9.17, 15) is 9.59 Å². The number of aromatic amines is 1. The summed E-state index contributed by atoms with van der Waals surface area (Å²) < 4.78 is 1.48. The Kier molecular flexibility index (Phi) is 2.99. The summed E-state index contributed by atoms with van der Waals surface area (Å²) in [5, 5.41) is 8.90. The molecular formula is C15H13N3O2. The van der Waals surface area contributed by atoms with Gasteiger partial charge in [0.15, 0.2) is 0 Å². The minimum atomic E-state index is -0.620. The fourth-order valence-corrected chi connectivity index (χ4v) is 2.75. The summed E-state index contributed by atoms with van der Waals surface area (Å²) in [4.78, 5) is 25.5. The lowest BCUT2D eigenvalue weighted by atomic mass is 9.88. The lowest BCUT2D eigenvalue weighted by Gasteiger charge is -2.26. The zero-order valence-corrected chi connectivity index (χ0v) is 10.8. The molecule has 3 rings (SSSR count). The second-order valence-corrected chi connectivity index (χ2v) is 4.99. The smallest absolute Gasteiger partial charge is 0.296 e. The molecule has 1 unspecified atom stereocenters. The van der Waals surface area contributed by atoms with Crippen molar-refractivity contribution < 1.29 is 0 Å². The summed E-state index contributed by atoms with van der Waals surface area (Å²) in [6.07, 6.45) is 3.84. The highest BCUT2D eigenvalue weighted by atomic mass is 16.2. The number of nitrogens with one attached hydrogen (secondary N) is 1. The lowest BCUT2D eigenvalue weighted by molar-refractivity contribution is 0.423. The van der Waals surface area contributed by atoms with Gasteiger partial charge in [0.25, 0.3) is 5.56 Å². The molecule has 2 aromatic rings. The van der Waals surface area contributed by atoms with E-state index in [-0.39, 0.29) is 11.6 Å². The minimum Gasteiger partial charge on any atom is -0.296 e. The second-order valence-electron chi connectivity index (χ2n) is 4.99. The van der Waals surface area contributed by atoms with Gasteiger partial charge in [0.1, 0.15) is 11.6 Å². The van der Waals surface area contributed by atoms with E-state index in [1.165, 1.54) is 21.9 Å². The Morgan fingerprint density at radius 3 is 2.75 bits per heavy atom. The predicted molar refractivity (Wildman–Crippen MR) is 73.5 cm³/mol. The lowest BCUT2D eigenvalue weighted by Crippen LogP contribution is -2.35. The average Bonchev–Trinajstić information content (AvgIpc) is 2.47. The molecule has 5 heteroatoms. The molecule has 0 amide bonds. The van der Waals surface area contributed by atoms with Crippen molar-refractivity contribution in [3.05, 3.63) is 68.0 Å². The molecule has 20 heavy (non-hydrogen) atoms. The van der Waals surface area contributed by atoms with Crippen molar-refractivity contribution >= 4 is 0 Å². The summed E-state index contributed by atoms with van der Waals surface area (Å²) >= 11 is 0. The van der Waals surface area contributed by atoms with Gasteiger partial charge >= 0.3 is 5.69 Å². The highest BCUT2D eigenvalue weighted by molar-refractivity contribution is 5.30. The van der Waals surface area contributed by atoms with Crippen LogP contribution in [0, 0.1) is 11.3 Å². The van der Waals surface area contributed by atoms with E-state index in [4.69, 9.17) is 5.26 Å². The van der Waals surface area contributed by atoms with Crippen molar-refractivity contribution in [3.63, 3.8) is 0 Å². The molecule has 0 aliphatic heterocycles. The van der Waals surface area contributed by atoms with E-state index in [0.29, 0.717) is 0 Å². The van der Waals surface area contributed by atoms with Crippen LogP contribution in [0.3, 0.4) is 0 Å². The SMILES string of the molecule is N#Cc1cn(C2CCc3ccccc3C2)c(=O)[nH]c1=O. The molecule has 0 spiro atoms. The normalized spacial score (nSPS) is 17.2. The van der Waals surface area contributed by atoms with Crippen molar-refractivity contribution in [2.45, 2.75) is 25.3 Å². The van der Waals surface area contributed by atoms with E-state index in [0.717, 1.165) is 19.3 Å². The van der Waals surface area contributed by atoms with E-state index in [1.807, 2.05) is 18.2 Å². The molecule has 0 saturated carbocycles. The van der Waals surface area contributed by atoms with Crippen LogP contribution in [0.2, 0.25) is 0 Å². The number of fused-ring (bicyclic) bond motifs is 1. The Morgan fingerprint density at radius 2 is 2.00 bits per heavy atom. The molecule has 1 atom stereocenters. The van der Waals surface area contributed by atoms with E-state index in [2.05, 4.69) is 17.1 Å². The van der Waals surface area contributed by atoms with Crippen molar-refractivity contribution in [3.8, 4) is 6.07 Å². The van der Waals surface area contributed by atoms with Gasteiger partial charge in [0.2, 0.25) is 0 Å². The first-order valence-electron chi connectivity index (χ1n) is 6.51. The highest BCUT2D eigenvalue weighted by Gasteiger charge is 2.21. The van der Waals surface area contributed by atoms with Crippen LogP contribution in [0.4, 0.5) is 0 Å². The first-order chi connectivity index (χ1) is 9.69. The molecule has 1 aromatic carbocycles. The van der Waals surface area contributed by atoms with E-state index < -0.39 is 11.2 Å². The summed E-state index contributed by atoms with van der Waals surface area (Å²) in [5.41, 5.74) is 1.44. The Balaban J connectivity index is 2.02. The number of H-pyrrole nitrogens is 1. The van der Waals surface area contributed by atoms with Gasteiger partial charge in [-0.25, -0.2) is 4.79 Å². The molecule has 1 aliphatic rings. The molecule has 0 fully saturated rings. The van der Waals surface area contributed by atoms with Crippen LogP contribution in [-0.4, -0.2) is 9.55 Å². The van der Waals surface area contributed by atoms with Crippen molar-refractivity contribution in [1.82, 2.24) is 9.55 Å². The Labute approximate surface area is 115 Å². The Hall–Kier alpha value is -2.61. The topological polar surface area (TPSA) is 78.7 Å². The number of nitriles is 1. The quantitative estimate of drug-likeness (QED) is 0.841. The van der Waals surface area contributed by atoms with Crippen LogP contribution in [0.15, 0.2) is 40.1 Å². The fourth-order valence-electron chi connectivity index (χ4n) is 2.75. The largest absolute Gasteiger partial charge is 0.328 e. The standard InChI is InChI=1S/C15H13N3O2/c16-8-12-9-18(15(20)17-14(12)19)13-6-5-10-3-1-2-4-11(10)7-13/h1-4,9,13H,5-7H2,(H,17,19,20). The second kappa shape index (κ2) is 4.82. The first kappa shape index (κ1) is 12.4. The summed E-state index contributed by atoms with van der Waals surface area (Å²) in [5.74, 6) is 0. The maximum absolute atomic E-state index is 11.9. The molecule has 100 valence electrons. The van der Waals surface area contributed by atoms with Gasteiger partial charge in [0, 0.05) is 12.2 Å². The van der Waals surface area contributed by atoms with Gasteiger partial charge in [0.05, 0.1) is 0 Å². The Morgan fingerprint density at radius 1 is 1.25 bits per heavy atom. The third-order valence-corrected chi connectivity index (χ3v) is 3.80. The molecule has 5 nitrogen and oxygen atoms in total. The summed E-state index contributed by atoms with van der Waals surface area (Å²) in [6, 6.07) is 9.96. The maximum atomic E-state index is 11.9. The van der Waals surface area contributed by atoms with Crippen molar-refractivity contribution in [2.75, 3.05) is 0 Å². The summed E-state index contributed by atoms with van der Waals surface area (Å²) in [6.45, 7) is 0. The van der Waals surface area contributed by atoms with Crippen LogP contribution in [0.25, 0.3) is 0 Å². The molecule has 1 N–H and O–H groups in total. The van der Waals surface area contributed by atoms with Crippen molar-refractivity contribution in [1.29, 1.82) is 5.26 Å². The van der Waals surface area contributed by atoms with Crippen LogP contribution >= 0.6 is 0 Å². The number of aryl methyl sites for hydroxylation is 1. The minimum absolute atomic E-state index is 0.0126. The molecule has 0 saturated heterocycles. The van der Waals surface area contributed by atoms with Crippen LogP contribution in [0.5, 0.6) is 0 Å². The number of aromatic nitrogens is 2. The molecule has 1 aliphatic carbocycles. The fraction of sp³-hybridized carbons (Fsp3) is 0.267. The zero-order chi connectivity index (χ0) is 14.1. The van der Waals surface area contributed by atoms with Crippen LogP contribution < -0.4 is 11.2 Å². The predicted octanol–water partition coefficient (Wildman–Crippen LogP) is 1.14. The van der Waals surface area contributed by atoms with Gasteiger partial charge in [-0.2, -0.15) is 5.26 Å². The third-order valence-electron chi connectivity index (χ3n) is 3.80. The highest BCUT2D eigenvalue weighted by Crippen LogP contribution is 2.27. The number of hydrogen-bond donors (Lipinski definition) is 1. The van der Waals surface area contributed by atoms with Gasteiger partial charge in [-0.3, -0.25) is 14.3 Å². The van der Waals surface area contributed by atoms with Crippen LogP contribution in [0.1, 0.15) is 29.2 Å². The van der Waals surface area contributed by atoms with Gasteiger partial charge in [-0.15, -0.1) is 0 Å². The Bertz CT molecular complexity index is 811. The molecular weight excluding hydrogens is 254 g/mol. The van der Waals surface area contributed by atoms with E-state index in [1.54, 1.807) is 0 Å². The van der Waals surface area contributed by atoms with Gasteiger partial charge in [-0.1, -0.05) is 24.3 Å². The zero-order valence-electron chi connectivity index (χ0n) is 10.8. The molecule has 1 heterocycles. The maximum Gasteiger partial charge on any atom is 0.328 e. The summed E-state index contributed by atoms with van der Waals surface area (Å²) in [7, 11) is 0. The van der Waals surface area contributed by atoms with Crippen LogP contribution in [-0.2, 0) is 12.8 Å². The monoisotopic (exact) mass is 267 g/mol. The molecule has 0 bridgehead atoms. The molecule has 0 radical (unpaired) electrons. The average molecular weight is 267 g/mol.